The largest absolute Gasteiger partial charge is 0.419 e. The zero-order valence-electron chi connectivity index (χ0n) is 8.20. The first-order chi connectivity index (χ1) is 7.52. The molecule has 0 atom stereocenters. The predicted molar refractivity (Wildman–Crippen MR) is 50.6 cm³/mol. The normalized spacial score (nSPS) is 16.8. The number of alkyl halides is 3. The van der Waals surface area contributed by atoms with Crippen molar-refractivity contribution in [3.8, 4) is 6.07 Å². The quantitative estimate of drug-likeness (QED) is 0.737. The summed E-state index contributed by atoms with van der Waals surface area (Å²) in [4.78, 5) is 5.20. The van der Waals surface area contributed by atoms with Gasteiger partial charge in [0.15, 0.2) is 0 Å². The van der Waals surface area contributed by atoms with Gasteiger partial charge in [-0.15, -0.1) is 0 Å². The Morgan fingerprint density at radius 3 is 2.69 bits per heavy atom. The zero-order valence-corrected chi connectivity index (χ0v) is 8.20. The average molecular weight is 227 g/mol. The van der Waals surface area contributed by atoms with Crippen LogP contribution < -0.4 is 4.90 Å². The maximum absolute atomic E-state index is 12.6. The van der Waals surface area contributed by atoms with Crippen molar-refractivity contribution in [1.82, 2.24) is 4.98 Å². The summed E-state index contributed by atoms with van der Waals surface area (Å²) in [6.45, 7) is 0.632. The van der Waals surface area contributed by atoms with Crippen LogP contribution in [0.3, 0.4) is 0 Å². The molecule has 0 N–H and O–H groups in total. The lowest BCUT2D eigenvalue weighted by Crippen LogP contribution is -2.47. The number of hydrogen-bond donors (Lipinski definition) is 0. The first kappa shape index (κ1) is 10.7. The number of halogens is 3. The fourth-order valence-corrected chi connectivity index (χ4v) is 1.60. The van der Waals surface area contributed by atoms with Crippen LogP contribution in [0.15, 0.2) is 18.3 Å². The van der Waals surface area contributed by atoms with E-state index in [1.807, 2.05) is 6.07 Å². The molecule has 1 aromatic rings. The number of pyridine rings is 1. The van der Waals surface area contributed by atoms with Gasteiger partial charge in [-0.2, -0.15) is 18.4 Å². The first-order valence-corrected chi connectivity index (χ1v) is 4.69. The second-order valence-corrected chi connectivity index (χ2v) is 3.60. The monoisotopic (exact) mass is 227 g/mol. The molecule has 0 bridgehead atoms. The Balaban J connectivity index is 2.26. The van der Waals surface area contributed by atoms with Gasteiger partial charge in [-0.3, -0.25) is 0 Å². The van der Waals surface area contributed by atoms with Crippen molar-refractivity contribution in [2.45, 2.75) is 6.18 Å². The minimum atomic E-state index is -4.40. The van der Waals surface area contributed by atoms with Crippen molar-refractivity contribution in [1.29, 1.82) is 5.26 Å². The zero-order chi connectivity index (χ0) is 11.8. The van der Waals surface area contributed by atoms with E-state index in [-0.39, 0.29) is 11.7 Å². The number of nitriles is 1. The fraction of sp³-hybridized carbons (Fsp3) is 0.400. The Morgan fingerprint density at radius 2 is 2.12 bits per heavy atom. The van der Waals surface area contributed by atoms with Crippen molar-refractivity contribution < 1.29 is 13.2 Å². The van der Waals surface area contributed by atoms with E-state index in [4.69, 9.17) is 5.26 Å². The number of aromatic nitrogens is 1. The highest BCUT2D eigenvalue weighted by Crippen LogP contribution is 2.37. The number of nitrogens with zero attached hydrogens (tertiary/aromatic N) is 3. The van der Waals surface area contributed by atoms with Crippen LogP contribution in [-0.2, 0) is 6.18 Å². The van der Waals surface area contributed by atoms with E-state index in [9.17, 15) is 13.2 Å². The molecule has 1 saturated heterocycles. The highest BCUT2D eigenvalue weighted by atomic mass is 19.4. The molecule has 0 aliphatic carbocycles. The van der Waals surface area contributed by atoms with Crippen molar-refractivity contribution in [3.63, 3.8) is 0 Å². The van der Waals surface area contributed by atoms with Gasteiger partial charge in [0.25, 0.3) is 0 Å². The van der Waals surface area contributed by atoms with E-state index in [1.54, 1.807) is 0 Å². The molecule has 0 aromatic carbocycles. The average Bonchev–Trinajstić information content (AvgIpc) is 2.15. The summed E-state index contributed by atoms with van der Waals surface area (Å²) >= 11 is 0. The minimum absolute atomic E-state index is 0.0819. The molecule has 0 unspecified atom stereocenters. The summed E-state index contributed by atoms with van der Waals surface area (Å²) in [5, 5.41) is 8.56. The standard InChI is InChI=1S/C10H8F3N3/c11-10(12,13)8-2-1-3-15-9(8)16-5-7(4-14)6-16/h1-3,7H,5-6H2. The van der Waals surface area contributed by atoms with E-state index < -0.39 is 11.7 Å². The second kappa shape index (κ2) is 3.67. The lowest BCUT2D eigenvalue weighted by atomic mass is 10.0. The fourth-order valence-electron chi connectivity index (χ4n) is 1.60. The summed E-state index contributed by atoms with van der Waals surface area (Å²) in [5.41, 5.74) is -0.744. The summed E-state index contributed by atoms with van der Waals surface area (Å²) in [6, 6.07) is 4.27. The number of hydrogen-bond acceptors (Lipinski definition) is 3. The van der Waals surface area contributed by atoms with E-state index in [0.717, 1.165) is 6.07 Å². The molecule has 6 heteroatoms. The maximum atomic E-state index is 12.6. The van der Waals surface area contributed by atoms with Gasteiger partial charge in [-0.05, 0) is 12.1 Å². The Kier molecular flexibility index (Phi) is 2.46. The molecule has 3 nitrogen and oxygen atoms in total. The Hall–Kier alpha value is -1.77. The van der Waals surface area contributed by atoms with Crippen molar-refractivity contribution in [2.24, 2.45) is 5.92 Å². The maximum Gasteiger partial charge on any atom is 0.419 e. The van der Waals surface area contributed by atoms with Gasteiger partial charge < -0.3 is 4.90 Å². The van der Waals surface area contributed by atoms with Crippen LogP contribution in [0.2, 0.25) is 0 Å². The van der Waals surface area contributed by atoms with Gasteiger partial charge in [0, 0.05) is 19.3 Å². The van der Waals surface area contributed by atoms with Gasteiger partial charge in [0.2, 0.25) is 0 Å². The highest BCUT2D eigenvalue weighted by Gasteiger charge is 2.38. The Bertz CT molecular complexity index is 430. The lowest BCUT2D eigenvalue weighted by molar-refractivity contribution is -0.137. The van der Waals surface area contributed by atoms with E-state index in [0.29, 0.717) is 13.1 Å². The smallest absolute Gasteiger partial charge is 0.353 e. The van der Waals surface area contributed by atoms with Crippen LogP contribution in [0.4, 0.5) is 19.0 Å². The molecule has 1 aromatic heterocycles. The SMILES string of the molecule is N#CC1CN(c2ncccc2C(F)(F)F)C1. The Morgan fingerprint density at radius 1 is 1.44 bits per heavy atom. The third-order valence-electron chi connectivity index (χ3n) is 2.46. The second-order valence-electron chi connectivity index (χ2n) is 3.60. The topological polar surface area (TPSA) is 39.9 Å². The summed E-state index contributed by atoms with van der Waals surface area (Å²) in [6.07, 6.45) is -3.08. The first-order valence-electron chi connectivity index (χ1n) is 4.69. The molecule has 0 radical (unpaired) electrons. The van der Waals surface area contributed by atoms with Gasteiger partial charge in [0.05, 0.1) is 17.6 Å². The van der Waals surface area contributed by atoms with Crippen molar-refractivity contribution in [3.05, 3.63) is 23.9 Å². The Labute approximate surface area is 90.1 Å². The minimum Gasteiger partial charge on any atom is -0.353 e. The number of rotatable bonds is 1. The van der Waals surface area contributed by atoms with E-state index >= 15 is 0 Å². The van der Waals surface area contributed by atoms with Gasteiger partial charge in [-0.25, -0.2) is 4.98 Å². The van der Waals surface area contributed by atoms with Crippen LogP contribution >= 0.6 is 0 Å². The lowest BCUT2D eigenvalue weighted by Gasteiger charge is -2.37. The molecule has 2 rings (SSSR count). The molecule has 84 valence electrons. The summed E-state index contributed by atoms with van der Waals surface area (Å²) in [5.74, 6) is -0.274. The van der Waals surface area contributed by atoms with Crippen molar-refractivity contribution in [2.75, 3.05) is 18.0 Å². The molecular weight excluding hydrogens is 219 g/mol. The van der Waals surface area contributed by atoms with Crippen LogP contribution in [0.1, 0.15) is 5.56 Å². The molecule has 0 saturated carbocycles. The van der Waals surface area contributed by atoms with Gasteiger partial charge >= 0.3 is 6.18 Å². The summed E-state index contributed by atoms with van der Waals surface area (Å²) < 4.78 is 37.8. The molecule has 1 fully saturated rings. The van der Waals surface area contributed by atoms with Crippen LogP contribution in [0.5, 0.6) is 0 Å². The van der Waals surface area contributed by atoms with Crippen LogP contribution in [-0.4, -0.2) is 18.1 Å². The number of anilines is 1. The predicted octanol–water partition coefficient (Wildman–Crippen LogP) is 2.06. The van der Waals surface area contributed by atoms with Crippen LogP contribution in [0, 0.1) is 17.2 Å². The molecule has 16 heavy (non-hydrogen) atoms. The molecule has 0 amide bonds. The molecule has 1 aliphatic rings. The van der Waals surface area contributed by atoms with Crippen LogP contribution in [0.25, 0.3) is 0 Å². The van der Waals surface area contributed by atoms with Gasteiger partial charge in [0.1, 0.15) is 5.82 Å². The van der Waals surface area contributed by atoms with E-state index in [2.05, 4.69) is 4.98 Å². The molecule has 2 heterocycles. The molecule has 1 aliphatic heterocycles. The molecular formula is C10H8F3N3. The van der Waals surface area contributed by atoms with E-state index in [1.165, 1.54) is 17.2 Å². The third kappa shape index (κ3) is 1.81. The third-order valence-corrected chi connectivity index (χ3v) is 2.46. The molecule has 0 spiro atoms. The van der Waals surface area contributed by atoms with Gasteiger partial charge in [-0.1, -0.05) is 0 Å². The summed E-state index contributed by atoms with van der Waals surface area (Å²) in [7, 11) is 0. The van der Waals surface area contributed by atoms with Crippen molar-refractivity contribution >= 4 is 5.82 Å². The highest BCUT2D eigenvalue weighted by molar-refractivity contribution is 5.51.